The van der Waals surface area contributed by atoms with E-state index in [1.165, 1.54) is 0 Å². The van der Waals surface area contributed by atoms with Gasteiger partial charge in [-0.25, -0.2) is 4.99 Å². The second kappa shape index (κ2) is 4.82. The summed E-state index contributed by atoms with van der Waals surface area (Å²) >= 11 is 0.503. The Hall–Kier alpha value is -1.10. The number of para-hydroxylation sites is 1. The molecule has 2 rings (SSSR count). The maximum absolute atomic E-state index is 12.3. The largest absolute Gasteiger partial charge is 0.387 e. The number of aliphatic imine (C=N–C) groups is 1. The molecule has 1 aliphatic carbocycles. The fourth-order valence-electron chi connectivity index (χ4n) is 1.35. The van der Waals surface area contributed by atoms with E-state index < -0.39 is 5.76 Å². The fraction of sp³-hybridized carbons (Fsp3) is 0.364. The number of hydrogen-bond acceptors (Lipinski definition) is 2. The van der Waals surface area contributed by atoms with E-state index in [9.17, 15) is 8.78 Å². The van der Waals surface area contributed by atoms with E-state index in [2.05, 4.69) is 4.99 Å². The predicted molar refractivity (Wildman–Crippen MR) is 62.3 cm³/mol. The molecule has 0 atom stereocenters. The summed E-state index contributed by atoms with van der Waals surface area (Å²) < 4.78 is 24.6. The number of amidine groups is 1. The minimum absolute atomic E-state index is 0.351. The van der Waals surface area contributed by atoms with Gasteiger partial charge in [0.05, 0.1) is 5.69 Å². The van der Waals surface area contributed by atoms with Crippen molar-refractivity contribution in [2.24, 2.45) is 16.6 Å². The van der Waals surface area contributed by atoms with Crippen molar-refractivity contribution in [3.63, 3.8) is 0 Å². The summed E-state index contributed by atoms with van der Waals surface area (Å²) in [5.74, 6) is -1.52. The lowest BCUT2D eigenvalue weighted by molar-refractivity contribution is 0.252. The average Bonchev–Trinajstić information content (AvgIpc) is 3.03. The van der Waals surface area contributed by atoms with Crippen LogP contribution < -0.4 is 5.73 Å². The highest BCUT2D eigenvalue weighted by Gasteiger charge is 2.25. The van der Waals surface area contributed by atoms with Crippen LogP contribution in [0.3, 0.4) is 0 Å². The molecule has 0 saturated heterocycles. The molecule has 2 nitrogen and oxygen atoms in total. The first-order valence-corrected chi connectivity index (χ1v) is 5.92. The maximum Gasteiger partial charge on any atom is 0.288 e. The van der Waals surface area contributed by atoms with Crippen LogP contribution in [0.4, 0.5) is 14.5 Å². The van der Waals surface area contributed by atoms with Crippen molar-refractivity contribution in [1.82, 2.24) is 0 Å². The number of nitrogens with zero attached hydrogens (tertiary/aromatic N) is 1. The topological polar surface area (TPSA) is 38.4 Å². The SMILES string of the molecule is NC(=Nc1ccccc1SC(F)F)C1CC1. The highest BCUT2D eigenvalue weighted by atomic mass is 32.2. The lowest BCUT2D eigenvalue weighted by Crippen LogP contribution is -2.13. The van der Waals surface area contributed by atoms with Crippen LogP contribution in [0.5, 0.6) is 0 Å². The van der Waals surface area contributed by atoms with Gasteiger partial charge in [-0.3, -0.25) is 0 Å². The van der Waals surface area contributed by atoms with Crippen molar-refractivity contribution in [2.45, 2.75) is 23.5 Å². The summed E-state index contributed by atoms with van der Waals surface area (Å²) in [7, 11) is 0. The Kier molecular flexibility index (Phi) is 3.43. The highest BCUT2D eigenvalue weighted by Crippen LogP contribution is 2.35. The van der Waals surface area contributed by atoms with Gasteiger partial charge < -0.3 is 5.73 Å². The summed E-state index contributed by atoms with van der Waals surface area (Å²) in [4.78, 5) is 4.69. The van der Waals surface area contributed by atoms with E-state index in [1.54, 1.807) is 24.3 Å². The molecule has 5 heteroatoms. The predicted octanol–water partition coefficient (Wildman–Crippen LogP) is 3.40. The van der Waals surface area contributed by atoms with E-state index in [4.69, 9.17) is 5.73 Å². The van der Waals surface area contributed by atoms with Gasteiger partial charge in [-0.05, 0) is 25.0 Å². The van der Waals surface area contributed by atoms with E-state index in [0.717, 1.165) is 12.8 Å². The van der Waals surface area contributed by atoms with Crippen LogP contribution in [-0.4, -0.2) is 11.6 Å². The molecular formula is C11H12F2N2S. The summed E-state index contributed by atoms with van der Waals surface area (Å²) in [6.07, 6.45) is 2.11. The molecule has 1 aromatic rings. The zero-order valence-electron chi connectivity index (χ0n) is 8.57. The van der Waals surface area contributed by atoms with Gasteiger partial charge in [0.15, 0.2) is 0 Å². The molecule has 0 bridgehead atoms. The lowest BCUT2D eigenvalue weighted by atomic mass is 10.3. The van der Waals surface area contributed by atoms with Crippen LogP contribution >= 0.6 is 11.8 Å². The lowest BCUT2D eigenvalue weighted by Gasteiger charge is -2.05. The van der Waals surface area contributed by atoms with Crippen molar-refractivity contribution < 1.29 is 8.78 Å². The molecule has 0 aliphatic heterocycles. The van der Waals surface area contributed by atoms with E-state index >= 15 is 0 Å². The van der Waals surface area contributed by atoms with E-state index in [0.29, 0.717) is 34.1 Å². The van der Waals surface area contributed by atoms with Crippen LogP contribution in [-0.2, 0) is 0 Å². The zero-order chi connectivity index (χ0) is 11.5. The van der Waals surface area contributed by atoms with Crippen molar-refractivity contribution in [1.29, 1.82) is 0 Å². The molecule has 0 radical (unpaired) electrons. The Balaban J connectivity index is 2.21. The van der Waals surface area contributed by atoms with Gasteiger partial charge in [-0.2, -0.15) is 8.78 Å². The molecule has 0 unspecified atom stereocenters. The molecule has 1 fully saturated rings. The number of benzene rings is 1. The van der Waals surface area contributed by atoms with Gasteiger partial charge in [-0.15, -0.1) is 0 Å². The second-order valence-electron chi connectivity index (χ2n) is 3.66. The number of hydrogen-bond donors (Lipinski definition) is 1. The summed E-state index contributed by atoms with van der Waals surface area (Å²) in [6, 6.07) is 6.83. The smallest absolute Gasteiger partial charge is 0.288 e. The standard InChI is InChI=1S/C11H12F2N2S/c12-11(13)16-9-4-2-1-3-8(9)15-10(14)7-5-6-7/h1-4,7,11H,5-6H2,(H2,14,15). The third-order valence-electron chi connectivity index (χ3n) is 2.33. The number of alkyl halides is 2. The molecule has 0 heterocycles. The Morgan fingerprint density at radius 2 is 2.06 bits per heavy atom. The van der Waals surface area contributed by atoms with Gasteiger partial charge in [0.1, 0.15) is 5.84 Å². The zero-order valence-corrected chi connectivity index (χ0v) is 9.38. The van der Waals surface area contributed by atoms with Crippen molar-refractivity contribution in [2.75, 3.05) is 0 Å². The third-order valence-corrected chi connectivity index (χ3v) is 3.10. The van der Waals surface area contributed by atoms with E-state index in [-0.39, 0.29) is 0 Å². The van der Waals surface area contributed by atoms with Crippen molar-refractivity contribution in [3.8, 4) is 0 Å². The maximum atomic E-state index is 12.3. The molecule has 86 valence electrons. The Morgan fingerprint density at radius 3 is 2.69 bits per heavy atom. The third kappa shape index (κ3) is 2.95. The monoisotopic (exact) mass is 242 g/mol. The first-order valence-electron chi connectivity index (χ1n) is 5.04. The molecule has 1 saturated carbocycles. The van der Waals surface area contributed by atoms with Crippen LogP contribution in [0.15, 0.2) is 34.2 Å². The number of thioether (sulfide) groups is 1. The molecule has 0 amide bonds. The molecule has 16 heavy (non-hydrogen) atoms. The average molecular weight is 242 g/mol. The van der Waals surface area contributed by atoms with Gasteiger partial charge in [0.25, 0.3) is 5.76 Å². The number of halogens is 2. The minimum Gasteiger partial charge on any atom is -0.387 e. The quantitative estimate of drug-likeness (QED) is 0.499. The Labute approximate surface area is 96.9 Å². The Morgan fingerprint density at radius 1 is 1.38 bits per heavy atom. The van der Waals surface area contributed by atoms with E-state index in [1.807, 2.05) is 0 Å². The van der Waals surface area contributed by atoms with Crippen LogP contribution in [0.1, 0.15) is 12.8 Å². The van der Waals surface area contributed by atoms with Crippen LogP contribution in [0.25, 0.3) is 0 Å². The van der Waals surface area contributed by atoms with Crippen LogP contribution in [0, 0.1) is 5.92 Å². The van der Waals surface area contributed by atoms with Gasteiger partial charge in [0.2, 0.25) is 0 Å². The summed E-state index contributed by atoms with van der Waals surface area (Å²) in [6.45, 7) is 0. The second-order valence-corrected chi connectivity index (χ2v) is 4.69. The van der Waals surface area contributed by atoms with Crippen LogP contribution in [0.2, 0.25) is 0 Å². The first kappa shape index (κ1) is 11.4. The fourth-order valence-corrected chi connectivity index (χ4v) is 1.94. The van der Waals surface area contributed by atoms with Crippen molar-refractivity contribution >= 4 is 23.3 Å². The van der Waals surface area contributed by atoms with Crippen molar-refractivity contribution in [3.05, 3.63) is 24.3 Å². The molecule has 1 aliphatic rings. The minimum atomic E-state index is -2.43. The molecular weight excluding hydrogens is 230 g/mol. The first-order chi connectivity index (χ1) is 7.66. The molecule has 0 spiro atoms. The molecule has 0 aromatic heterocycles. The highest BCUT2D eigenvalue weighted by molar-refractivity contribution is 7.99. The summed E-state index contributed by atoms with van der Waals surface area (Å²) in [5, 5.41) is 0. The number of nitrogens with two attached hydrogens (primary N) is 1. The Bertz CT molecular complexity index is 403. The number of rotatable bonds is 4. The van der Waals surface area contributed by atoms with Gasteiger partial charge >= 0.3 is 0 Å². The summed E-state index contributed by atoms with van der Waals surface area (Å²) in [5.41, 5.74) is 6.30. The molecule has 2 N–H and O–H groups in total. The van der Waals surface area contributed by atoms with Gasteiger partial charge in [0, 0.05) is 10.8 Å². The van der Waals surface area contributed by atoms with Gasteiger partial charge in [-0.1, -0.05) is 23.9 Å². The molecule has 1 aromatic carbocycles. The normalized spacial score (nSPS) is 16.8.